The molecule has 4 atom stereocenters. The second kappa shape index (κ2) is 6.96. The minimum Gasteiger partial charge on any atom is -0.395 e. The number of carbonyl (C=O) groups excluding carboxylic acids is 2. The molecule has 0 spiro atoms. The third-order valence-corrected chi connectivity index (χ3v) is 5.81. The van der Waals surface area contributed by atoms with Gasteiger partial charge in [0.15, 0.2) is 5.54 Å². The number of halogens is 3. The van der Waals surface area contributed by atoms with Crippen LogP contribution in [0, 0.1) is 11.8 Å². The van der Waals surface area contributed by atoms with E-state index in [1.165, 1.54) is 24.3 Å². The average molecular weight is 404 g/mol. The zero-order valence-corrected chi connectivity index (χ0v) is 15.3. The van der Waals surface area contributed by atoms with Gasteiger partial charge < -0.3 is 5.11 Å². The number of imide groups is 1. The number of carbonyl (C=O) groups is 2. The van der Waals surface area contributed by atoms with Crippen molar-refractivity contribution >= 4 is 11.8 Å². The van der Waals surface area contributed by atoms with E-state index in [2.05, 4.69) is 5.32 Å². The van der Waals surface area contributed by atoms with Crippen molar-refractivity contribution in [3.8, 4) is 0 Å². The van der Waals surface area contributed by atoms with Crippen molar-refractivity contribution in [3.63, 3.8) is 0 Å². The summed E-state index contributed by atoms with van der Waals surface area (Å²) in [4.78, 5) is 27.1. The maximum Gasteiger partial charge on any atom is 0.411 e. The first kappa shape index (κ1) is 19.6. The number of aliphatic hydroxyl groups excluding tert-OH is 1. The van der Waals surface area contributed by atoms with Gasteiger partial charge in [-0.15, -0.1) is 0 Å². The van der Waals surface area contributed by atoms with E-state index in [0.717, 1.165) is 4.90 Å². The summed E-state index contributed by atoms with van der Waals surface area (Å²) in [5.74, 6) is -4.55. The third-order valence-electron chi connectivity index (χ3n) is 5.81. The van der Waals surface area contributed by atoms with E-state index in [0.29, 0.717) is 5.56 Å². The predicted octanol–water partition coefficient (Wildman–Crippen LogP) is 2.21. The van der Waals surface area contributed by atoms with Crippen molar-refractivity contribution < 1.29 is 27.9 Å². The van der Waals surface area contributed by atoms with Gasteiger partial charge in [-0.2, -0.15) is 13.2 Å². The highest BCUT2D eigenvalue weighted by atomic mass is 19.4. The lowest BCUT2D eigenvalue weighted by molar-refractivity contribution is -0.211. The molecule has 2 fully saturated rings. The normalized spacial score (nSPS) is 29.4. The van der Waals surface area contributed by atoms with E-state index >= 15 is 0 Å². The van der Waals surface area contributed by atoms with Crippen LogP contribution < -0.4 is 5.32 Å². The molecule has 2 aliphatic heterocycles. The summed E-state index contributed by atoms with van der Waals surface area (Å²) in [6, 6.07) is 14.5. The van der Waals surface area contributed by atoms with Crippen molar-refractivity contribution in [1.82, 2.24) is 10.2 Å². The molecular weight excluding hydrogens is 385 g/mol. The summed E-state index contributed by atoms with van der Waals surface area (Å²) in [5, 5.41) is 12.1. The molecule has 8 heteroatoms. The number of amides is 2. The average Bonchev–Trinajstić information content (AvgIpc) is 3.19. The van der Waals surface area contributed by atoms with Crippen molar-refractivity contribution in [2.45, 2.75) is 24.3 Å². The molecule has 2 aromatic rings. The zero-order chi connectivity index (χ0) is 20.8. The number of likely N-dealkylation sites (tertiary alicyclic amines) is 1. The minimum absolute atomic E-state index is 0.105. The lowest BCUT2D eigenvalue weighted by Crippen LogP contribution is -2.58. The molecule has 0 aliphatic carbocycles. The predicted molar refractivity (Wildman–Crippen MR) is 97.2 cm³/mol. The molecule has 5 nitrogen and oxygen atoms in total. The van der Waals surface area contributed by atoms with Crippen LogP contribution in [-0.4, -0.2) is 40.6 Å². The summed E-state index contributed by atoms with van der Waals surface area (Å²) in [6.45, 7) is -0.795. The Bertz CT molecular complexity index is 920. The highest BCUT2D eigenvalue weighted by Crippen LogP contribution is 2.55. The van der Waals surface area contributed by atoms with Gasteiger partial charge in [-0.05, 0) is 11.1 Å². The van der Waals surface area contributed by atoms with Crippen LogP contribution >= 0.6 is 0 Å². The summed E-state index contributed by atoms with van der Waals surface area (Å²) in [7, 11) is 0. The standard InChI is InChI=1S/C21H19F3N2O3/c22-21(23,24)20(14-9-5-2-6-10-14)17-16(15(12-27)25-20)18(28)26(19(17)29)11-13-7-3-1-4-8-13/h1-10,15-17,25,27H,11-12H2/t15-,16+,17-,20-/m0/s1. The lowest BCUT2D eigenvalue weighted by atomic mass is 9.75. The first-order chi connectivity index (χ1) is 13.8. The smallest absolute Gasteiger partial charge is 0.395 e. The molecular formula is C21H19F3N2O3. The largest absolute Gasteiger partial charge is 0.411 e. The van der Waals surface area contributed by atoms with Crippen LogP contribution in [0.25, 0.3) is 0 Å². The maximum absolute atomic E-state index is 14.5. The number of fused-ring (bicyclic) bond motifs is 1. The van der Waals surface area contributed by atoms with Gasteiger partial charge in [0.1, 0.15) is 0 Å². The molecule has 0 radical (unpaired) electrons. The van der Waals surface area contributed by atoms with Crippen molar-refractivity contribution in [3.05, 3.63) is 71.8 Å². The van der Waals surface area contributed by atoms with Crippen LogP contribution in [0.2, 0.25) is 0 Å². The molecule has 2 aromatic carbocycles. The van der Waals surface area contributed by atoms with Gasteiger partial charge in [0, 0.05) is 6.04 Å². The summed E-state index contributed by atoms with van der Waals surface area (Å²) in [6.07, 6.45) is -4.86. The van der Waals surface area contributed by atoms with Crippen LogP contribution in [0.3, 0.4) is 0 Å². The fourth-order valence-corrected chi connectivity index (χ4v) is 4.55. The van der Waals surface area contributed by atoms with Crippen LogP contribution in [0.5, 0.6) is 0 Å². The Labute approximate surface area is 165 Å². The Morgan fingerprint density at radius 3 is 2.10 bits per heavy atom. The van der Waals surface area contributed by atoms with Crippen LogP contribution in [0.1, 0.15) is 11.1 Å². The summed E-state index contributed by atoms with van der Waals surface area (Å²) < 4.78 is 43.4. The summed E-state index contributed by atoms with van der Waals surface area (Å²) in [5.41, 5.74) is -2.26. The Morgan fingerprint density at radius 1 is 0.966 bits per heavy atom. The lowest BCUT2D eigenvalue weighted by Gasteiger charge is -2.37. The first-order valence-corrected chi connectivity index (χ1v) is 9.21. The number of aliphatic hydroxyl groups is 1. The zero-order valence-electron chi connectivity index (χ0n) is 15.3. The second-order valence-corrected chi connectivity index (χ2v) is 7.36. The Hall–Kier alpha value is -2.71. The molecule has 2 N–H and O–H groups in total. The molecule has 0 saturated carbocycles. The van der Waals surface area contributed by atoms with Crippen molar-refractivity contribution in [2.24, 2.45) is 11.8 Å². The molecule has 4 rings (SSSR count). The molecule has 2 saturated heterocycles. The number of alkyl halides is 3. The van der Waals surface area contributed by atoms with E-state index in [-0.39, 0.29) is 12.1 Å². The van der Waals surface area contributed by atoms with Crippen LogP contribution in [0.4, 0.5) is 13.2 Å². The van der Waals surface area contributed by atoms with Crippen molar-refractivity contribution in [1.29, 1.82) is 0 Å². The van der Waals surface area contributed by atoms with E-state index < -0.39 is 48.0 Å². The molecule has 0 unspecified atom stereocenters. The molecule has 2 aliphatic rings. The molecule has 152 valence electrons. The van der Waals surface area contributed by atoms with E-state index in [9.17, 15) is 27.9 Å². The quantitative estimate of drug-likeness (QED) is 0.767. The van der Waals surface area contributed by atoms with Gasteiger partial charge >= 0.3 is 6.18 Å². The number of benzene rings is 2. The Morgan fingerprint density at radius 2 is 1.55 bits per heavy atom. The van der Waals surface area contributed by atoms with Crippen LogP contribution in [-0.2, 0) is 21.7 Å². The highest BCUT2D eigenvalue weighted by molar-refractivity contribution is 6.07. The fourth-order valence-electron chi connectivity index (χ4n) is 4.55. The number of nitrogens with one attached hydrogen (secondary N) is 1. The van der Waals surface area contributed by atoms with Gasteiger partial charge in [-0.1, -0.05) is 60.7 Å². The highest BCUT2D eigenvalue weighted by Gasteiger charge is 2.74. The molecule has 2 heterocycles. The molecule has 2 amide bonds. The van der Waals surface area contributed by atoms with Crippen LogP contribution in [0.15, 0.2) is 60.7 Å². The van der Waals surface area contributed by atoms with Crippen molar-refractivity contribution in [2.75, 3.05) is 6.61 Å². The monoisotopic (exact) mass is 404 g/mol. The van der Waals surface area contributed by atoms with E-state index in [4.69, 9.17) is 0 Å². The number of nitrogens with zero attached hydrogens (tertiary/aromatic N) is 1. The maximum atomic E-state index is 14.5. The van der Waals surface area contributed by atoms with Gasteiger partial charge in [-0.25, -0.2) is 0 Å². The Balaban J connectivity index is 1.82. The third kappa shape index (κ3) is 2.86. The number of rotatable bonds is 4. The minimum atomic E-state index is -4.86. The van der Waals surface area contributed by atoms with E-state index in [1.54, 1.807) is 36.4 Å². The number of hydrogen-bond donors (Lipinski definition) is 2. The molecule has 0 bridgehead atoms. The topological polar surface area (TPSA) is 69.6 Å². The number of hydrogen-bond acceptors (Lipinski definition) is 4. The van der Waals surface area contributed by atoms with E-state index in [1.807, 2.05) is 0 Å². The first-order valence-electron chi connectivity index (χ1n) is 9.21. The molecule has 29 heavy (non-hydrogen) atoms. The van der Waals surface area contributed by atoms with Gasteiger partial charge in [0.2, 0.25) is 11.8 Å². The van der Waals surface area contributed by atoms with Gasteiger partial charge in [0.05, 0.1) is 25.0 Å². The Kier molecular flexibility index (Phi) is 4.71. The SMILES string of the molecule is O=C1[C@@H]2[C@H](CO)N[C@](c3ccccc3)(C(F)(F)F)[C@@H]2C(=O)N1Cc1ccccc1. The summed E-state index contributed by atoms with van der Waals surface area (Å²) >= 11 is 0. The second-order valence-electron chi connectivity index (χ2n) is 7.36. The molecule has 0 aromatic heterocycles. The van der Waals surface area contributed by atoms with Gasteiger partial charge in [0.25, 0.3) is 0 Å². The fraction of sp³-hybridized carbons (Fsp3) is 0.333. The van der Waals surface area contributed by atoms with Gasteiger partial charge in [-0.3, -0.25) is 19.8 Å².